The number of rotatable bonds is 2. The minimum absolute atomic E-state index is 0.148. The van der Waals surface area contributed by atoms with E-state index in [1.165, 1.54) is 11.8 Å². The molecule has 90 valence electrons. The quantitative estimate of drug-likeness (QED) is 0.609. The zero-order chi connectivity index (χ0) is 12.8. The highest BCUT2D eigenvalue weighted by Gasteiger charge is 1.94. The average molecular weight is 255 g/mol. The number of thioether (sulfide) groups is 1. The number of benzene rings is 1. The summed E-state index contributed by atoms with van der Waals surface area (Å²) in [6, 6.07) is 8.06. The Bertz CT molecular complexity index is 625. The molecule has 1 aromatic heterocycles. The van der Waals surface area contributed by atoms with E-state index >= 15 is 0 Å². The number of carbonyl (C=O) groups excluding carboxylic acids is 1. The van der Waals surface area contributed by atoms with Gasteiger partial charge in [0.1, 0.15) is 0 Å². The van der Waals surface area contributed by atoms with E-state index in [-0.39, 0.29) is 5.12 Å². The lowest BCUT2D eigenvalue weighted by Crippen LogP contribution is -1.84. The third-order valence-corrected chi connectivity index (χ3v) is 3.22. The van der Waals surface area contributed by atoms with Crippen molar-refractivity contribution in [2.24, 2.45) is 0 Å². The van der Waals surface area contributed by atoms with Crippen LogP contribution in [-0.4, -0.2) is 15.9 Å². The third-order valence-electron chi connectivity index (χ3n) is 2.41. The molecule has 18 heavy (non-hydrogen) atoms. The van der Waals surface area contributed by atoms with Crippen LogP contribution in [0.25, 0.3) is 10.8 Å². The predicted molar refractivity (Wildman–Crippen MR) is 76.4 cm³/mol. The molecular formula is C15H13NOS. The second-order valence-corrected chi connectivity index (χ2v) is 5.10. The molecule has 2 nitrogen and oxygen atoms in total. The first-order valence-electron chi connectivity index (χ1n) is 5.72. The fraction of sp³-hybridized carbons (Fsp3) is 0.200. The van der Waals surface area contributed by atoms with Crippen LogP contribution in [0.3, 0.4) is 0 Å². The molecule has 0 aliphatic carbocycles. The van der Waals surface area contributed by atoms with Gasteiger partial charge in [-0.05, 0) is 23.6 Å². The van der Waals surface area contributed by atoms with Crippen LogP contribution in [0, 0.1) is 11.8 Å². The summed E-state index contributed by atoms with van der Waals surface area (Å²) < 4.78 is 0. The molecule has 2 aromatic rings. The monoisotopic (exact) mass is 255 g/mol. The van der Waals surface area contributed by atoms with Crippen molar-refractivity contribution in [2.75, 3.05) is 5.75 Å². The summed E-state index contributed by atoms with van der Waals surface area (Å²) in [4.78, 5) is 14.8. The molecule has 0 bridgehead atoms. The molecule has 0 saturated carbocycles. The molecule has 1 aromatic carbocycles. The van der Waals surface area contributed by atoms with Gasteiger partial charge in [-0.2, -0.15) is 0 Å². The van der Waals surface area contributed by atoms with Gasteiger partial charge in [-0.3, -0.25) is 9.78 Å². The van der Waals surface area contributed by atoms with Crippen LogP contribution in [0.15, 0.2) is 36.7 Å². The highest BCUT2D eigenvalue weighted by Crippen LogP contribution is 2.13. The van der Waals surface area contributed by atoms with Gasteiger partial charge in [-0.1, -0.05) is 29.7 Å². The molecule has 0 saturated heterocycles. The highest BCUT2D eigenvalue weighted by molar-refractivity contribution is 8.13. The summed E-state index contributed by atoms with van der Waals surface area (Å²) in [6.07, 6.45) is 4.36. The van der Waals surface area contributed by atoms with Crippen LogP contribution in [0.2, 0.25) is 0 Å². The number of nitrogens with zero attached hydrogens (tertiary/aromatic N) is 1. The maximum Gasteiger partial charge on any atom is 0.185 e. The Morgan fingerprint density at radius 3 is 3.06 bits per heavy atom. The summed E-state index contributed by atoms with van der Waals surface area (Å²) in [7, 11) is 0. The van der Waals surface area contributed by atoms with Crippen molar-refractivity contribution < 1.29 is 4.79 Å². The van der Waals surface area contributed by atoms with Crippen LogP contribution in [0.4, 0.5) is 0 Å². The van der Waals surface area contributed by atoms with E-state index in [2.05, 4.69) is 22.9 Å². The maximum atomic E-state index is 10.7. The highest BCUT2D eigenvalue weighted by atomic mass is 32.2. The van der Waals surface area contributed by atoms with Crippen LogP contribution < -0.4 is 0 Å². The second kappa shape index (κ2) is 6.23. The number of pyridine rings is 1. The minimum atomic E-state index is 0.148. The van der Waals surface area contributed by atoms with E-state index in [1.54, 1.807) is 13.1 Å². The maximum absolute atomic E-state index is 10.7. The summed E-state index contributed by atoms with van der Waals surface area (Å²) in [5, 5.41) is 2.42. The van der Waals surface area contributed by atoms with Crippen molar-refractivity contribution in [1.82, 2.24) is 4.98 Å². The molecule has 0 aliphatic rings. The molecule has 0 amide bonds. The molecular weight excluding hydrogens is 242 g/mol. The van der Waals surface area contributed by atoms with Gasteiger partial charge >= 0.3 is 0 Å². The lowest BCUT2D eigenvalue weighted by molar-refractivity contribution is -0.109. The molecule has 0 unspecified atom stereocenters. The fourth-order valence-corrected chi connectivity index (χ4v) is 2.06. The summed E-state index contributed by atoms with van der Waals surface area (Å²) in [5.41, 5.74) is 1.00. The first kappa shape index (κ1) is 12.7. The van der Waals surface area contributed by atoms with Gasteiger partial charge in [0.05, 0.1) is 0 Å². The Hall–Kier alpha value is -1.79. The summed E-state index contributed by atoms with van der Waals surface area (Å²) in [5.74, 6) is 6.96. The van der Waals surface area contributed by atoms with Gasteiger partial charge < -0.3 is 0 Å². The Morgan fingerprint density at radius 2 is 2.22 bits per heavy atom. The molecule has 0 fully saturated rings. The number of hydrogen-bond acceptors (Lipinski definition) is 3. The van der Waals surface area contributed by atoms with Crippen LogP contribution in [-0.2, 0) is 4.79 Å². The van der Waals surface area contributed by atoms with Crippen molar-refractivity contribution in [1.29, 1.82) is 0 Å². The van der Waals surface area contributed by atoms with E-state index in [4.69, 9.17) is 0 Å². The molecule has 0 atom stereocenters. The van der Waals surface area contributed by atoms with Gasteiger partial charge in [0.15, 0.2) is 5.12 Å². The zero-order valence-corrected chi connectivity index (χ0v) is 11.0. The van der Waals surface area contributed by atoms with Crippen molar-refractivity contribution in [2.45, 2.75) is 13.3 Å². The third kappa shape index (κ3) is 3.61. The van der Waals surface area contributed by atoms with Crippen LogP contribution in [0.5, 0.6) is 0 Å². The molecule has 0 spiro atoms. The topological polar surface area (TPSA) is 30.0 Å². The lowest BCUT2D eigenvalue weighted by Gasteiger charge is -1.96. The number of fused-ring (bicyclic) bond motifs is 1. The molecule has 0 N–H and O–H groups in total. The Kier molecular flexibility index (Phi) is 4.38. The van der Waals surface area contributed by atoms with Crippen LogP contribution >= 0.6 is 11.8 Å². The van der Waals surface area contributed by atoms with Crippen LogP contribution in [0.1, 0.15) is 18.9 Å². The SMILES string of the molecule is CC(=O)SCCC#Cc1ccc2cnccc2c1. The minimum Gasteiger partial charge on any atom is -0.288 e. The first-order valence-corrected chi connectivity index (χ1v) is 6.70. The smallest absolute Gasteiger partial charge is 0.185 e. The number of aromatic nitrogens is 1. The molecule has 3 heteroatoms. The summed E-state index contributed by atoms with van der Waals surface area (Å²) in [6.45, 7) is 1.58. The Balaban J connectivity index is 2.03. The zero-order valence-electron chi connectivity index (χ0n) is 10.1. The Morgan fingerprint density at radius 1 is 1.33 bits per heavy atom. The Labute approximate surface area is 111 Å². The van der Waals surface area contributed by atoms with Crippen molar-refractivity contribution in [3.63, 3.8) is 0 Å². The average Bonchev–Trinajstić information content (AvgIpc) is 2.38. The lowest BCUT2D eigenvalue weighted by atomic mass is 10.1. The van der Waals surface area contributed by atoms with E-state index in [1.807, 2.05) is 24.4 Å². The van der Waals surface area contributed by atoms with E-state index in [0.29, 0.717) is 0 Å². The first-order chi connectivity index (χ1) is 8.75. The van der Waals surface area contributed by atoms with Gasteiger partial charge in [0, 0.05) is 42.4 Å². The van der Waals surface area contributed by atoms with Crippen molar-refractivity contribution in [3.8, 4) is 11.8 Å². The molecule has 0 radical (unpaired) electrons. The van der Waals surface area contributed by atoms with E-state index < -0.39 is 0 Å². The second-order valence-electron chi connectivity index (χ2n) is 3.83. The van der Waals surface area contributed by atoms with Gasteiger partial charge in [-0.25, -0.2) is 0 Å². The van der Waals surface area contributed by atoms with Gasteiger partial charge in [-0.15, -0.1) is 0 Å². The number of carbonyl (C=O) groups is 1. The standard InChI is InChI=1S/C15H13NOS/c1-12(17)18-9-3-2-4-13-5-6-15-11-16-8-7-14(15)10-13/h5-8,10-11H,3,9H2,1H3. The van der Waals surface area contributed by atoms with E-state index in [0.717, 1.165) is 28.5 Å². The predicted octanol–water partition coefficient (Wildman–Crippen LogP) is 3.26. The molecule has 2 rings (SSSR count). The van der Waals surface area contributed by atoms with Gasteiger partial charge in [0.2, 0.25) is 0 Å². The van der Waals surface area contributed by atoms with E-state index in [9.17, 15) is 4.79 Å². The normalized spacial score (nSPS) is 9.83. The summed E-state index contributed by atoms with van der Waals surface area (Å²) >= 11 is 1.32. The largest absolute Gasteiger partial charge is 0.288 e. The van der Waals surface area contributed by atoms with Crippen molar-refractivity contribution in [3.05, 3.63) is 42.2 Å². The molecule has 0 aliphatic heterocycles. The fourth-order valence-electron chi connectivity index (χ4n) is 1.57. The van der Waals surface area contributed by atoms with Gasteiger partial charge in [0.25, 0.3) is 0 Å². The van der Waals surface area contributed by atoms with Crippen molar-refractivity contribution >= 4 is 27.6 Å². The number of hydrogen-bond donors (Lipinski definition) is 0. The molecule has 1 heterocycles.